The molecule has 0 saturated carbocycles. The average molecular weight is 588 g/mol. The van der Waals surface area contributed by atoms with Gasteiger partial charge >= 0.3 is 5.97 Å². The summed E-state index contributed by atoms with van der Waals surface area (Å²) >= 11 is 0. The van der Waals surface area contributed by atoms with Crippen LogP contribution in [-0.2, 0) is 33.3 Å². The largest absolute Gasteiger partial charge is 0.550 e. The Hall–Kier alpha value is -2.40. The van der Waals surface area contributed by atoms with Crippen molar-refractivity contribution in [3.63, 3.8) is 0 Å². The molecule has 3 heterocycles. The van der Waals surface area contributed by atoms with Crippen LogP contribution >= 0.6 is 0 Å². The molecule has 0 radical (unpaired) electrons. The van der Waals surface area contributed by atoms with E-state index in [0.29, 0.717) is 26.1 Å². The lowest BCUT2D eigenvalue weighted by Gasteiger charge is -2.47. The Bertz CT molecular complexity index is 969. The molecule has 14 heteroatoms. The van der Waals surface area contributed by atoms with Crippen molar-refractivity contribution in [1.29, 1.82) is 0 Å². The SMILES string of the molecule is C=C[C@H]1[C@@H](O[C@@H]2O[C@H](CO)[C@@H](O)C(O)(O)[C@@H]2OCC)OC=C(C(=O)OC)[C@H]1C=CC1CC(C(=O)[O-])C[NH+](CCO)C1. The summed E-state index contributed by atoms with van der Waals surface area (Å²) in [4.78, 5) is 25.2. The number of hydrogen-bond donors (Lipinski definition) is 6. The Morgan fingerprint density at radius 3 is 2.56 bits per heavy atom. The average Bonchev–Trinajstić information content (AvgIpc) is 2.95. The minimum Gasteiger partial charge on any atom is -0.550 e. The molecule has 10 atom stereocenters. The van der Waals surface area contributed by atoms with Gasteiger partial charge in [-0.05, 0) is 13.3 Å². The summed E-state index contributed by atoms with van der Waals surface area (Å²) in [6.45, 7) is 5.88. The smallest absolute Gasteiger partial charge is 0.337 e. The van der Waals surface area contributed by atoms with E-state index in [1.54, 1.807) is 19.1 Å². The molecular weight excluding hydrogens is 546 g/mol. The molecule has 0 amide bonds. The molecule has 0 aliphatic carbocycles. The Balaban J connectivity index is 1.89. The summed E-state index contributed by atoms with van der Waals surface area (Å²) in [6, 6.07) is 0. The number of hydrogen-bond acceptors (Lipinski definition) is 13. The predicted molar refractivity (Wildman–Crippen MR) is 136 cm³/mol. The Kier molecular flexibility index (Phi) is 11.8. The van der Waals surface area contributed by atoms with Crippen LogP contribution in [0.4, 0.5) is 0 Å². The number of esters is 1. The molecule has 3 aliphatic rings. The van der Waals surface area contributed by atoms with E-state index in [0.717, 1.165) is 11.2 Å². The highest BCUT2D eigenvalue weighted by Gasteiger charge is 2.57. The number of quaternary nitrogens is 1. The molecule has 0 bridgehead atoms. The van der Waals surface area contributed by atoms with Gasteiger partial charge in [0.2, 0.25) is 12.1 Å². The van der Waals surface area contributed by atoms with E-state index < -0.39 is 73.0 Å². The molecule has 3 unspecified atom stereocenters. The Morgan fingerprint density at radius 2 is 1.98 bits per heavy atom. The standard InChI is InChI=1S/C27H41NO13/c1-4-17-18(7-6-15-10-16(23(32)33)12-28(11-15)8-9-29)19(24(34)37-3)14-39-25(17)41-26-22(38-5-2)27(35,36)21(31)20(13-30)40-26/h4,6-7,14-18,20-22,25-26,29-31,35-36H,1,5,8-13H2,2-3H3,(H,32,33)/t15?,16?,17-,18+,20-,21-,22-,25-,26+/m1/s1. The molecule has 3 rings (SSSR count). The fourth-order valence-corrected chi connectivity index (χ4v) is 5.62. The summed E-state index contributed by atoms with van der Waals surface area (Å²) in [5.74, 6) is -7.07. The number of ether oxygens (including phenoxy) is 5. The lowest BCUT2D eigenvalue weighted by atomic mass is 9.81. The lowest BCUT2D eigenvalue weighted by Crippen LogP contribution is -3.15. The Labute approximate surface area is 238 Å². The minimum absolute atomic E-state index is 0.00493. The quantitative estimate of drug-likeness (QED) is 0.0728. The zero-order chi connectivity index (χ0) is 30.3. The van der Waals surface area contributed by atoms with Gasteiger partial charge in [-0.2, -0.15) is 0 Å². The zero-order valence-corrected chi connectivity index (χ0v) is 23.2. The first-order chi connectivity index (χ1) is 19.5. The maximum absolute atomic E-state index is 12.6. The van der Waals surface area contributed by atoms with Crippen molar-refractivity contribution in [3.05, 3.63) is 36.6 Å². The molecule has 14 nitrogen and oxygen atoms in total. The van der Waals surface area contributed by atoms with Crippen molar-refractivity contribution < 1.29 is 68.8 Å². The number of carboxylic acid groups (broad SMARTS) is 1. The van der Waals surface area contributed by atoms with Gasteiger partial charge < -0.3 is 64.0 Å². The van der Waals surface area contributed by atoms with Crippen molar-refractivity contribution in [1.82, 2.24) is 0 Å². The third-order valence-electron chi connectivity index (χ3n) is 7.73. The van der Waals surface area contributed by atoms with Crippen LogP contribution in [0.3, 0.4) is 0 Å². The first-order valence-corrected chi connectivity index (χ1v) is 13.6. The van der Waals surface area contributed by atoms with Crippen LogP contribution in [0.1, 0.15) is 13.3 Å². The minimum atomic E-state index is -2.84. The summed E-state index contributed by atoms with van der Waals surface area (Å²) in [7, 11) is 1.21. The molecule has 3 aliphatic heterocycles. The van der Waals surface area contributed by atoms with Crippen molar-refractivity contribution in [2.24, 2.45) is 23.7 Å². The van der Waals surface area contributed by atoms with E-state index in [9.17, 15) is 40.2 Å². The van der Waals surface area contributed by atoms with Crippen molar-refractivity contribution >= 4 is 11.9 Å². The molecule has 232 valence electrons. The number of carboxylic acids is 1. The van der Waals surface area contributed by atoms with Gasteiger partial charge in [-0.1, -0.05) is 18.2 Å². The Morgan fingerprint density at radius 1 is 1.24 bits per heavy atom. The molecule has 2 saturated heterocycles. The van der Waals surface area contributed by atoms with Crippen LogP contribution in [0.2, 0.25) is 0 Å². The number of rotatable bonds is 12. The molecule has 0 aromatic heterocycles. The summed E-state index contributed by atoms with van der Waals surface area (Å²) in [6.07, 6.45) is -1.16. The number of nitrogens with one attached hydrogen (secondary N) is 1. The van der Waals surface area contributed by atoms with Gasteiger partial charge in [0.25, 0.3) is 0 Å². The maximum Gasteiger partial charge on any atom is 0.337 e. The van der Waals surface area contributed by atoms with Crippen LogP contribution in [0.25, 0.3) is 0 Å². The summed E-state index contributed by atoms with van der Waals surface area (Å²) in [5.41, 5.74) is 0.133. The van der Waals surface area contributed by atoms with Gasteiger partial charge in [0.15, 0.2) is 12.4 Å². The van der Waals surface area contributed by atoms with Crippen LogP contribution < -0.4 is 10.0 Å². The van der Waals surface area contributed by atoms with Crippen molar-refractivity contribution in [3.8, 4) is 0 Å². The van der Waals surface area contributed by atoms with Gasteiger partial charge in [-0.15, -0.1) is 6.58 Å². The summed E-state index contributed by atoms with van der Waals surface area (Å²) < 4.78 is 27.6. The predicted octanol–water partition coefficient (Wildman–Crippen LogP) is -4.18. The van der Waals surface area contributed by atoms with E-state index in [1.165, 1.54) is 13.2 Å². The fraction of sp³-hybridized carbons (Fsp3) is 0.704. The molecule has 2 fully saturated rings. The maximum atomic E-state index is 12.6. The van der Waals surface area contributed by atoms with Gasteiger partial charge in [-0.25, -0.2) is 4.79 Å². The number of carbonyl (C=O) groups is 2. The monoisotopic (exact) mass is 587 g/mol. The van der Waals surface area contributed by atoms with Crippen LogP contribution in [0, 0.1) is 23.7 Å². The number of aliphatic hydroxyl groups excluding tert-OH is 3. The number of piperidine rings is 1. The first kappa shape index (κ1) is 33.1. The second kappa shape index (κ2) is 14.7. The highest BCUT2D eigenvalue weighted by atomic mass is 16.8. The highest BCUT2D eigenvalue weighted by molar-refractivity contribution is 5.89. The topological polar surface area (TPSA) is 209 Å². The number of aliphatic carboxylic acids is 1. The molecule has 0 aromatic carbocycles. The second-order valence-electron chi connectivity index (χ2n) is 10.4. The van der Waals surface area contributed by atoms with Crippen LogP contribution in [0.15, 0.2) is 36.6 Å². The van der Waals surface area contributed by atoms with E-state index in [2.05, 4.69) is 6.58 Å². The van der Waals surface area contributed by atoms with E-state index >= 15 is 0 Å². The van der Waals surface area contributed by atoms with Gasteiger partial charge in [0.05, 0.1) is 57.1 Å². The van der Waals surface area contributed by atoms with Gasteiger partial charge in [0.1, 0.15) is 18.8 Å². The van der Waals surface area contributed by atoms with E-state index in [-0.39, 0.29) is 24.7 Å². The number of likely N-dealkylation sites (tertiary alicyclic amines) is 1. The van der Waals surface area contributed by atoms with Crippen LogP contribution in [0.5, 0.6) is 0 Å². The number of allylic oxidation sites excluding steroid dienone is 1. The molecule has 41 heavy (non-hydrogen) atoms. The number of carbonyl (C=O) groups excluding carboxylic acids is 2. The van der Waals surface area contributed by atoms with Gasteiger partial charge in [0, 0.05) is 24.4 Å². The normalized spacial score (nSPS) is 37.2. The number of aliphatic hydroxyl groups is 5. The molecular formula is C27H41NO13. The molecule has 0 aromatic rings. The van der Waals surface area contributed by atoms with E-state index in [1.807, 2.05) is 0 Å². The lowest BCUT2D eigenvalue weighted by molar-refractivity contribution is -0.911. The highest BCUT2D eigenvalue weighted by Crippen LogP contribution is 2.38. The first-order valence-electron chi connectivity index (χ1n) is 13.6. The van der Waals surface area contributed by atoms with Gasteiger partial charge in [-0.3, -0.25) is 0 Å². The zero-order valence-electron chi connectivity index (χ0n) is 23.2. The second-order valence-corrected chi connectivity index (χ2v) is 10.4. The third kappa shape index (κ3) is 7.52. The van der Waals surface area contributed by atoms with E-state index in [4.69, 9.17) is 23.7 Å². The number of methoxy groups -OCH3 is 1. The fourth-order valence-electron chi connectivity index (χ4n) is 5.62. The van der Waals surface area contributed by atoms with Crippen molar-refractivity contribution in [2.75, 3.05) is 46.6 Å². The molecule has 6 N–H and O–H groups in total. The summed E-state index contributed by atoms with van der Waals surface area (Å²) in [5, 5.41) is 62.1. The van der Waals surface area contributed by atoms with Crippen molar-refractivity contribution in [2.45, 2.75) is 50.0 Å². The third-order valence-corrected chi connectivity index (χ3v) is 7.73. The molecule has 0 spiro atoms. The van der Waals surface area contributed by atoms with Crippen LogP contribution in [-0.4, -0.2) is 121 Å².